The average Bonchev–Trinajstić information content (AvgIpc) is 2.50. The SMILES string of the molecule is O=c1c2ccncc2ncn1CC(O)c1ccc(F)cc1F. The number of hydrogen-bond donors (Lipinski definition) is 1. The third kappa shape index (κ3) is 2.58. The Morgan fingerprint density at radius 3 is 2.86 bits per heavy atom. The molecule has 1 atom stereocenters. The molecule has 0 aliphatic carbocycles. The van der Waals surface area contributed by atoms with Crippen molar-refractivity contribution >= 4 is 10.9 Å². The van der Waals surface area contributed by atoms with Crippen LogP contribution in [0.1, 0.15) is 11.7 Å². The van der Waals surface area contributed by atoms with Crippen molar-refractivity contribution in [3.8, 4) is 0 Å². The van der Waals surface area contributed by atoms with Crippen molar-refractivity contribution in [3.05, 3.63) is 70.5 Å². The van der Waals surface area contributed by atoms with Gasteiger partial charge in [0.15, 0.2) is 0 Å². The van der Waals surface area contributed by atoms with Gasteiger partial charge in [0.25, 0.3) is 5.56 Å². The first-order valence-corrected chi connectivity index (χ1v) is 6.48. The normalized spacial score (nSPS) is 12.5. The monoisotopic (exact) mass is 303 g/mol. The van der Waals surface area contributed by atoms with Crippen LogP contribution < -0.4 is 5.56 Å². The summed E-state index contributed by atoms with van der Waals surface area (Å²) in [5.74, 6) is -1.59. The van der Waals surface area contributed by atoms with Gasteiger partial charge in [0.05, 0.1) is 36.1 Å². The first-order valence-electron chi connectivity index (χ1n) is 6.48. The highest BCUT2D eigenvalue weighted by Crippen LogP contribution is 2.19. The zero-order valence-corrected chi connectivity index (χ0v) is 11.3. The molecule has 1 N–H and O–H groups in total. The molecular weight excluding hydrogens is 292 g/mol. The number of benzene rings is 1. The van der Waals surface area contributed by atoms with Crippen molar-refractivity contribution in [1.29, 1.82) is 0 Å². The van der Waals surface area contributed by atoms with Gasteiger partial charge in [-0.1, -0.05) is 6.07 Å². The predicted molar refractivity (Wildman–Crippen MR) is 75.1 cm³/mol. The van der Waals surface area contributed by atoms with Crippen LogP contribution in [0.15, 0.2) is 47.8 Å². The summed E-state index contributed by atoms with van der Waals surface area (Å²) in [5, 5.41) is 10.4. The van der Waals surface area contributed by atoms with Gasteiger partial charge in [0, 0.05) is 17.8 Å². The Balaban J connectivity index is 1.96. The van der Waals surface area contributed by atoms with E-state index < -0.39 is 17.7 Å². The lowest BCUT2D eigenvalue weighted by Gasteiger charge is -2.14. The molecule has 0 aliphatic rings. The molecule has 0 bridgehead atoms. The lowest BCUT2D eigenvalue weighted by atomic mass is 10.1. The maximum absolute atomic E-state index is 13.6. The zero-order valence-electron chi connectivity index (χ0n) is 11.3. The van der Waals surface area contributed by atoms with E-state index in [1.807, 2.05) is 0 Å². The second-order valence-corrected chi connectivity index (χ2v) is 4.78. The van der Waals surface area contributed by atoms with Gasteiger partial charge < -0.3 is 5.11 Å². The van der Waals surface area contributed by atoms with E-state index in [0.29, 0.717) is 17.0 Å². The van der Waals surface area contributed by atoms with Crippen LogP contribution in [0.5, 0.6) is 0 Å². The number of rotatable bonds is 3. The van der Waals surface area contributed by atoms with Crippen molar-refractivity contribution in [2.24, 2.45) is 0 Å². The molecule has 1 unspecified atom stereocenters. The summed E-state index contributed by atoms with van der Waals surface area (Å²) in [4.78, 5) is 20.2. The minimum atomic E-state index is -1.29. The summed E-state index contributed by atoms with van der Waals surface area (Å²) in [6, 6.07) is 4.41. The molecule has 0 saturated carbocycles. The number of halogens is 2. The Morgan fingerprint density at radius 2 is 2.09 bits per heavy atom. The van der Waals surface area contributed by atoms with E-state index in [4.69, 9.17) is 0 Å². The number of nitrogens with zero attached hydrogens (tertiary/aromatic N) is 3. The molecule has 0 spiro atoms. The molecule has 3 aromatic rings. The number of aromatic nitrogens is 3. The summed E-state index contributed by atoms with van der Waals surface area (Å²) in [6.45, 7) is -0.188. The zero-order chi connectivity index (χ0) is 15.7. The van der Waals surface area contributed by atoms with Gasteiger partial charge in [-0.2, -0.15) is 0 Å². The Morgan fingerprint density at radius 1 is 1.27 bits per heavy atom. The van der Waals surface area contributed by atoms with Crippen molar-refractivity contribution in [2.75, 3.05) is 0 Å². The van der Waals surface area contributed by atoms with Crippen molar-refractivity contribution < 1.29 is 13.9 Å². The third-order valence-corrected chi connectivity index (χ3v) is 3.32. The molecule has 0 fully saturated rings. The second kappa shape index (κ2) is 5.61. The topological polar surface area (TPSA) is 68.0 Å². The second-order valence-electron chi connectivity index (χ2n) is 4.78. The highest BCUT2D eigenvalue weighted by molar-refractivity contribution is 5.75. The van der Waals surface area contributed by atoms with Gasteiger partial charge in [-0.05, 0) is 12.1 Å². The quantitative estimate of drug-likeness (QED) is 0.801. The summed E-state index contributed by atoms with van der Waals surface area (Å²) in [6.07, 6.45) is 2.89. The fourth-order valence-corrected chi connectivity index (χ4v) is 2.20. The van der Waals surface area contributed by atoms with Gasteiger partial charge in [-0.3, -0.25) is 14.3 Å². The van der Waals surface area contributed by atoms with Gasteiger partial charge in [0.2, 0.25) is 0 Å². The van der Waals surface area contributed by atoms with Crippen LogP contribution in [0, 0.1) is 11.6 Å². The molecule has 0 saturated heterocycles. The molecule has 2 aromatic heterocycles. The van der Waals surface area contributed by atoms with Gasteiger partial charge in [-0.15, -0.1) is 0 Å². The first kappa shape index (κ1) is 14.3. The molecule has 0 aliphatic heterocycles. The van der Waals surface area contributed by atoms with E-state index in [2.05, 4.69) is 9.97 Å². The lowest BCUT2D eigenvalue weighted by Crippen LogP contribution is -2.24. The first-order chi connectivity index (χ1) is 10.6. The molecule has 2 heterocycles. The number of aliphatic hydroxyl groups is 1. The molecule has 1 aromatic carbocycles. The molecule has 0 radical (unpaired) electrons. The third-order valence-electron chi connectivity index (χ3n) is 3.32. The van der Waals surface area contributed by atoms with E-state index in [-0.39, 0.29) is 17.7 Å². The molecule has 22 heavy (non-hydrogen) atoms. The van der Waals surface area contributed by atoms with Gasteiger partial charge in [-0.25, -0.2) is 13.8 Å². The van der Waals surface area contributed by atoms with Crippen LogP contribution in [0.3, 0.4) is 0 Å². The van der Waals surface area contributed by atoms with Crippen LogP contribution in [-0.2, 0) is 6.54 Å². The number of fused-ring (bicyclic) bond motifs is 1. The van der Waals surface area contributed by atoms with Crippen LogP contribution in [0.4, 0.5) is 8.78 Å². The van der Waals surface area contributed by atoms with Gasteiger partial charge in [0.1, 0.15) is 11.6 Å². The standard InChI is InChI=1S/C15H11F2N3O2/c16-9-1-2-10(12(17)5-9)14(21)7-20-8-19-13-6-18-4-3-11(13)15(20)22/h1-6,8,14,21H,7H2. The summed E-state index contributed by atoms with van der Waals surface area (Å²) in [7, 11) is 0. The largest absolute Gasteiger partial charge is 0.386 e. The molecule has 112 valence electrons. The van der Waals surface area contributed by atoms with E-state index in [1.165, 1.54) is 29.4 Å². The van der Waals surface area contributed by atoms with E-state index >= 15 is 0 Å². The van der Waals surface area contributed by atoms with E-state index in [1.54, 1.807) is 0 Å². The van der Waals surface area contributed by atoms with Crippen molar-refractivity contribution in [2.45, 2.75) is 12.6 Å². The molecule has 0 amide bonds. The Kier molecular flexibility index (Phi) is 3.64. The van der Waals surface area contributed by atoms with Crippen molar-refractivity contribution in [3.63, 3.8) is 0 Å². The number of pyridine rings is 1. The fourth-order valence-electron chi connectivity index (χ4n) is 2.20. The smallest absolute Gasteiger partial charge is 0.261 e. The number of hydrogen-bond acceptors (Lipinski definition) is 4. The van der Waals surface area contributed by atoms with Crippen LogP contribution >= 0.6 is 0 Å². The Hall–Kier alpha value is -2.67. The van der Waals surface area contributed by atoms with Crippen molar-refractivity contribution in [1.82, 2.24) is 14.5 Å². The average molecular weight is 303 g/mol. The number of aliphatic hydroxyl groups excluding tert-OH is 1. The molecule has 7 heteroatoms. The maximum Gasteiger partial charge on any atom is 0.261 e. The molecule has 3 rings (SSSR count). The maximum atomic E-state index is 13.6. The minimum absolute atomic E-state index is 0.0804. The summed E-state index contributed by atoms with van der Waals surface area (Å²) in [5.41, 5.74) is -0.0108. The van der Waals surface area contributed by atoms with Gasteiger partial charge >= 0.3 is 0 Å². The van der Waals surface area contributed by atoms with E-state index in [0.717, 1.165) is 12.1 Å². The molecule has 5 nitrogen and oxygen atoms in total. The predicted octanol–water partition coefficient (Wildman–Crippen LogP) is 1.80. The van der Waals surface area contributed by atoms with Crippen LogP contribution in [-0.4, -0.2) is 19.6 Å². The molecular formula is C15H11F2N3O2. The lowest BCUT2D eigenvalue weighted by molar-refractivity contribution is 0.150. The summed E-state index contributed by atoms with van der Waals surface area (Å²) >= 11 is 0. The fraction of sp³-hybridized carbons (Fsp3) is 0.133. The Labute approximate surface area is 123 Å². The highest BCUT2D eigenvalue weighted by atomic mass is 19.1. The van der Waals surface area contributed by atoms with E-state index in [9.17, 15) is 18.7 Å². The van der Waals surface area contributed by atoms with Crippen LogP contribution in [0.2, 0.25) is 0 Å². The Bertz CT molecular complexity index is 895. The highest BCUT2D eigenvalue weighted by Gasteiger charge is 2.15. The summed E-state index contributed by atoms with van der Waals surface area (Å²) < 4.78 is 27.7. The minimum Gasteiger partial charge on any atom is -0.386 e. The van der Waals surface area contributed by atoms with Crippen LogP contribution in [0.25, 0.3) is 10.9 Å².